The van der Waals surface area contributed by atoms with Gasteiger partial charge in [-0.05, 0) is 77.5 Å². The van der Waals surface area contributed by atoms with Crippen LogP contribution in [0.4, 0.5) is 0 Å². The van der Waals surface area contributed by atoms with E-state index in [-0.39, 0.29) is 23.5 Å². The number of nitrogens with zero attached hydrogens (tertiary/aromatic N) is 7. The van der Waals surface area contributed by atoms with Gasteiger partial charge in [-0.25, -0.2) is 14.6 Å². The molecule has 0 bridgehead atoms. The molecule has 2 atom stereocenters. The predicted octanol–water partition coefficient (Wildman–Crippen LogP) is 4.35. The number of hydrogen-bond donors (Lipinski definition) is 2. The minimum Gasteiger partial charge on any atom is -0.393 e. The van der Waals surface area contributed by atoms with Crippen molar-refractivity contribution in [1.29, 1.82) is 0 Å². The minimum atomic E-state index is -0.211. The summed E-state index contributed by atoms with van der Waals surface area (Å²) in [5.74, 6) is 1.13. The molecule has 10 nitrogen and oxygen atoms in total. The normalized spacial score (nSPS) is 19.1. The van der Waals surface area contributed by atoms with Gasteiger partial charge in [0.05, 0.1) is 12.1 Å². The van der Waals surface area contributed by atoms with Crippen molar-refractivity contribution in [3.8, 4) is 11.4 Å². The van der Waals surface area contributed by atoms with Crippen molar-refractivity contribution in [3.05, 3.63) is 52.2 Å². The van der Waals surface area contributed by atoms with E-state index in [0.29, 0.717) is 16.7 Å². The van der Waals surface area contributed by atoms with Crippen molar-refractivity contribution in [2.45, 2.75) is 71.4 Å². The van der Waals surface area contributed by atoms with Crippen LogP contribution in [0.1, 0.15) is 79.1 Å². The fraction of sp³-hybridized carbons (Fsp3) is 0.548. The second kappa shape index (κ2) is 11.8. The maximum atomic E-state index is 13.6. The predicted molar refractivity (Wildman–Crippen MR) is 163 cm³/mol. The fourth-order valence-electron chi connectivity index (χ4n) is 6.18. The van der Waals surface area contributed by atoms with Gasteiger partial charge < -0.3 is 15.3 Å². The van der Waals surface area contributed by atoms with E-state index in [1.54, 1.807) is 4.68 Å². The van der Waals surface area contributed by atoms with Crippen LogP contribution < -0.4 is 5.32 Å². The summed E-state index contributed by atoms with van der Waals surface area (Å²) in [6.45, 7) is 9.49. The van der Waals surface area contributed by atoms with Crippen molar-refractivity contribution in [1.82, 2.24) is 40.4 Å². The van der Waals surface area contributed by atoms with E-state index in [1.807, 2.05) is 31.3 Å². The first-order valence-corrected chi connectivity index (χ1v) is 15.8. The van der Waals surface area contributed by atoms with Gasteiger partial charge in [0.2, 0.25) is 0 Å². The Morgan fingerprint density at radius 2 is 1.90 bits per heavy atom. The van der Waals surface area contributed by atoms with E-state index in [9.17, 15) is 9.90 Å². The minimum absolute atomic E-state index is 0.177. The highest BCUT2D eigenvalue weighted by Crippen LogP contribution is 2.38. The lowest BCUT2D eigenvalue weighted by Gasteiger charge is -2.34. The number of rotatable bonds is 7. The number of amides is 1. The summed E-state index contributed by atoms with van der Waals surface area (Å²) in [5.41, 5.74) is 5.42. The number of carbonyl (C=O) groups is 1. The standard InChI is InChI=1S/C31H40N8O2S/c1-31(2,3)22-9-10-24-21(17-22)18-26-29(33-24)42-30(34-26)28(41)32-25(13-16-39-14-11-23(40)12-15-39)19-5-7-20(8-6-19)27-35-36-37-38(27)4/h5-8,18,22-23,25,40H,9-17H2,1-4H3,(H,32,41)/t22-,25+/m0/s1. The molecule has 0 unspecified atom stereocenters. The monoisotopic (exact) mass is 588 g/mol. The molecule has 1 saturated heterocycles. The number of pyridine rings is 1. The number of nitrogens with one attached hydrogen (secondary N) is 1. The molecule has 11 heteroatoms. The molecular formula is C31H40N8O2S. The smallest absolute Gasteiger partial charge is 0.280 e. The molecular weight excluding hydrogens is 548 g/mol. The highest BCUT2D eigenvalue weighted by molar-refractivity contribution is 7.19. The molecule has 1 aromatic carbocycles. The summed E-state index contributed by atoms with van der Waals surface area (Å²) in [6.07, 6.45) is 5.24. The van der Waals surface area contributed by atoms with Crippen LogP contribution in [0.15, 0.2) is 30.3 Å². The van der Waals surface area contributed by atoms with Crippen molar-refractivity contribution in [3.63, 3.8) is 0 Å². The third-order valence-electron chi connectivity index (χ3n) is 8.96. The van der Waals surface area contributed by atoms with Gasteiger partial charge in [0, 0.05) is 37.9 Å². The second-order valence-corrected chi connectivity index (χ2v) is 13.9. The van der Waals surface area contributed by atoms with Crippen LogP contribution in [-0.4, -0.2) is 71.8 Å². The SMILES string of the molecule is Cn1nnnc1-c1ccc([C@@H](CCN2CCC(O)CC2)NC(=O)c2nc3cc4c(nc3s2)CC[C@H](C(C)(C)C)C4)cc1. The summed E-state index contributed by atoms with van der Waals surface area (Å²) in [6, 6.07) is 10.0. The molecule has 2 aliphatic rings. The quantitative estimate of drug-likeness (QED) is 0.327. The van der Waals surface area contributed by atoms with Gasteiger partial charge in [-0.3, -0.25) is 4.79 Å². The molecule has 4 heterocycles. The Bertz CT molecular complexity index is 1550. The number of piperidine rings is 1. The number of thiazole rings is 1. The summed E-state index contributed by atoms with van der Waals surface area (Å²) in [4.78, 5) is 26.5. The molecule has 3 aromatic heterocycles. The molecule has 1 fully saturated rings. The van der Waals surface area contributed by atoms with Crippen LogP contribution in [0.5, 0.6) is 0 Å². The lowest BCUT2D eigenvalue weighted by atomic mass is 9.71. The number of aliphatic hydroxyl groups excluding tert-OH is 1. The Labute approximate surface area is 250 Å². The number of aliphatic hydroxyl groups is 1. The molecule has 4 aromatic rings. The average molecular weight is 589 g/mol. The first-order valence-electron chi connectivity index (χ1n) is 15.0. The molecule has 6 rings (SSSR count). The first kappa shape index (κ1) is 28.8. The Morgan fingerprint density at radius 1 is 1.14 bits per heavy atom. The van der Waals surface area contributed by atoms with E-state index in [1.165, 1.54) is 16.9 Å². The zero-order valence-corrected chi connectivity index (χ0v) is 25.7. The van der Waals surface area contributed by atoms with Crippen molar-refractivity contribution < 1.29 is 9.90 Å². The third kappa shape index (κ3) is 6.23. The Balaban J connectivity index is 1.21. The van der Waals surface area contributed by atoms with Crippen molar-refractivity contribution in [2.75, 3.05) is 19.6 Å². The van der Waals surface area contributed by atoms with E-state index in [4.69, 9.17) is 9.97 Å². The molecule has 2 N–H and O–H groups in total. The van der Waals surface area contributed by atoms with Gasteiger partial charge in [-0.2, -0.15) is 0 Å². The lowest BCUT2D eigenvalue weighted by molar-refractivity contribution is 0.0795. The molecule has 42 heavy (non-hydrogen) atoms. The fourth-order valence-corrected chi connectivity index (χ4v) is 7.03. The number of carbonyl (C=O) groups excluding carboxylic acids is 1. The van der Waals surface area contributed by atoms with Crippen LogP contribution in [0.25, 0.3) is 21.7 Å². The Hall–Kier alpha value is -3.28. The van der Waals surface area contributed by atoms with Gasteiger partial charge in [0.1, 0.15) is 10.3 Å². The van der Waals surface area contributed by atoms with E-state index >= 15 is 0 Å². The van der Waals surface area contributed by atoms with Gasteiger partial charge in [-0.15, -0.1) is 5.10 Å². The number of likely N-dealkylation sites (tertiary alicyclic amines) is 1. The van der Waals surface area contributed by atoms with Crippen LogP contribution in [-0.2, 0) is 19.9 Å². The maximum absolute atomic E-state index is 13.6. The van der Waals surface area contributed by atoms with Gasteiger partial charge in [0.25, 0.3) is 5.91 Å². The van der Waals surface area contributed by atoms with Crippen LogP contribution >= 0.6 is 11.3 Å². The maximum Gasteiger partial charge on any atom is 0.280 e. The summed E-state index contributed by atoms with van der Waals surface area (Å²) >= 11 is 1.37. The zero-order chi connectivity index (χ0) is 29.4. The largest absolute Gasteiger partial charge is 0.393 e. The molecule has 0 saturated carbocycles. The highest BCUT2D eigenvalue weighted by Gasteiger charge is 2.30. The zero-order valence-electron chi connectivity index (χ0n) is 24.9. The van der Waals surface area contributed by atoms with E-state index in [2.05, 4.69) is 52.6 Å². The third-order valence-corrected chi connectivity index (χ3v) is 9.92. The van der Waals surface area contributed by atoms with E-state index < -0.39 is 0 Å². The molecule has 1 aliphatic heterocycles. The number of aryl methyl sites for hydroxylation is 2. The highest BCUT2D eigenvalue weighted by atomic mass is 32.1. The van der Waals surface area contributed by atoms with Gasteiger partial charge >= 0.3 is 0 Å². The number of tetrazole rings is 1. The van der Waals surface area contributed by atoms with Gasteiger partial charge in [-0.1, -0.05) is 56.4 Å². The Kier molecular flexibility index (Phi) is 8.08. The molecule has 1 amide bonds. The van der Waals surface area contributed by atoms with Crippen molar-refractivity contribution in [2.24, 2.45) is 18.4 Å². The number of hydrogen-bond acceptors (Lipinski definition) is 9. The van der Waals surface area contributed by atoms with Gasteiger partial charge in [0.15, 0.2) is 10.8 Å². The number of fused-ring (bicyclic) bond motifs is 2. The molecule has 0 radical (unpaired) electrons. The molecule has 1 aliphatic carbocycles. The van der Waals surface area contributed by atoms with Crippen LogP contribution in [0.3, 0.4) is 0 Å². The average Bonchev–Trinajstić information content (AvgIpc) is 3.59. The second-order valence-electron chi connectivity index (χ2n) is 12.9. The molecule has 222 valence electrons. The number of benzene rings is 1. The van der Waals surface area contributed by atoms with E-state index in [0.717, 1.165) is 85.3 Å². The summed E-state index contributed by atoms with van der Waals surface area (Å²) in [5, 5.41) is 25.4. The van der Waals surface area contributed by atoms with Crippen molar-refractivity contribution >= 4 is 27.6 Å². The molecule has 0 spiro atoms. The van der Waals surface area contributed by atoms with Crippen LogP contribution in [0.2, 0.25) is 0 Å². The summed E-state index contributed by atoms with van der Waals surface area (Å²) in [7, 11) is 1.81. The Morgan fingerprint density at radius 3 is 2.60 bits per heavy atom. The van der Waals surface area contributed by atoms with Crippen LogP contribution in [0, 0.1) is 11.3 Å². The lowest BCUT2D eigenvalue weighted by Crippen LogP contribution is -2.38. The number of aromatic nitrogens is 6. The summed E-state index contributed by atoms with van der Waals surface area (Å²) < 4.78 is 1.64. The topological polar surface area (TPSA) is 122 Å². The first-order chi connectivity index (χ1) is 20.1.